The maximum atomic E-state index is 13.2. The van der Waals surface area contributed by atoms with Gasteiger partial charge in [-0.15, -0.1) is 0 Å². The molecule has 0 atom stereocenters. The van der Waals surface area contributed by atoms with E-state index in [4.69, 9.17) is 14.2 Å². The molecule has 7 nitrogen and oxygen atoms in total. The van der Waals surface area contributed by atoms with Crippen LogP contribution in [-0.2, 0) is 9.59 Å². The topological polar surface area (TPSA) is 77.1 Å². The number of fused-ring (bicyclic) bond motifs is 1. The van der Waals surface area contributed by atoms with E-state index in [9.17, 15) is 9.59 Å². The molecule has 2 aromatic rings. The van der Waals surface area contributed by atoms with Gasteiger partial charge in [0.25, 0.3) is 11.8 Å². The van der Waals surface area contributed by atoms with Crippen LogP contribution in [0.1, 0.15) is 33.3 Å². The maximum absolute atomic E-state index is 13.2. The molecule has 0 fully saturated rings. The Hall–Kier alpha value is -3.48. The number of imide groups is 1. The third-order valence-electron chi connectivity index (χ3n) is 5.17. The summed E-state index contributed by atoms with van der Waals surface area (Å²) < 4.78 is 17.0. The average molecular weight is 437 g/mol. The number of ether oxygens (including phenoxy) is 3. The van der Waals surface area contributed by atoms with Crippen molar-refractivity contribution in [1.82, 2.24) is 4.90 Å². The first-order valence-electron chi connectivity index (χ1n) is 10.9. The van der Waals surface area contributed by atoms with Crippen molar-refractivity contribution >= 4 is 23.1 Å². The number of rotatable bonds is 7. The number of amides is 2. The van der Waals surface area contributed by atoms with Gasteiger partial charge in [0.1, 0.15) is 24.7 Å². The minimum atomic E-state index is -0.352. The molecule has 0 radical (unpaired) electrons. The largest absolute Gasteiger partial charge is 0.493 e. The molecule has 1 N–H and O–H groups in total. The fourth-order valence-electron chi connectivity index (χ4n) is 3.65. The van der Waals surface area contributed by atoms with Gasteiger partial charge in [-0.1, -0.05) is 26.0 Å². The molecular formula is C25H28N2O5. The van der Waals surface area contributed by atoms with Gasteiger partial charge in [0.15, 0.2) is 11.5 Å². The zero-order valence-corrected chi connectivity index (χ0v) is 18.8. The monoisotopic (exact) mass is 436 g/mol. The van der Waals surface area contributed by atoms with Gasteiger partial charge in [0, 0.05) is 17.8 Å². The van der Waals surface area contributed by atoms with Gasteiger partial charge in [-0.3, -0.25) is 14.5 Å². The lowest BCUT2D eigenvalue weighted by molar-refractivity contribution is -0.138. The summed E-state index contributed by atoms with van der Waals surface area (Å²) >= 11 is 0. The molecule has 0 saturated carbocycles. The number of benzene rings is 2. The maximum Gasteiger partial charge on any atom is 0.278 e. The minimum Gasteiger partial charge on any atom is -0.493 e. The van der Waals surface area contributed by atoms with E-state index < -0.39 is 0 Å². The molecule has 0 unspecified atom stereocenters. The van der Waals surface area contributed by atoms with E-state index in [2.05, 4.69) is 19.2 Å². The number of nitrogens with one attached hydrogen (secondary N) is 1. The highest BCUT2D eigenvalue weighted by atomic mass is 16.6. The molecule has 2 heterocycles. The van der Waals surface area contributed by atoms with Gasteiger partial charge >= 0.3 is 0 Å². The number of nitrogens with zero attached hydrogens (tertiary/aromatic N) is 1. The Labute approximate surface area is 188 Å². The van der Waals surface area contributed by atoms with Crippen LogP contribution in [0.25, 0.3) is 5.57 Å². The summed E-state index contributed by atoms with van der Waals surface area (Å²) in [5.74, 6) is 1.73. The van der Waals surface area contributed by atoms with E-state index in [-0.39, 0.29) is 23.6 Å². The zero-order valence-electron chi connectivity index (χ0n) is 18.8. The average Bonchev–Trinajstić information content (AvgIpc) is 3.02. The zero-order chi connectivity index (χ0) is 22.8. The second-order valence-corrected chi connectivity index (χ2v) is 8.54. The number of carbonyl (C=O) groups is 2. The summed E-state index contributed by atoms with van der Waals surface area (Å²) in [5, 5.41) is 3.16. The van der Waals surface area contributed by atoms with Crippen LogP contribution in [-0.4, -0.2) is 42.6 Å². The Bertz CT molecular complexity index is 1060. The number of hydrogen-bond acceptors (Lipinski definition) is 6. The van der Waals surface area contributed by atoms with Crippen LogP contribution < -0.4 is 19.5 Å². The van der Waals surface area contributed by atoms with E-state index in [1.165, 1.54) is 4.90 Å². The summed E-state index contributed by atoms with van der Waals surface area (Å²) in [6, 6.07) is 12.4. The smallest absolute Gasteiger partial charge is 0.278 e. The Morgan fingerprint density at radius 2 is 1.62 bits per heavy atom. The molecule has 2 amide bonds. The van der Waals surface area contributed by atoms with Crippen LogP contribution in [0.2, 0.25) is 0 Å². The molecule has 2 aliphatic rings. The van der Waals surface area contributed by atoms with Gasteiger partial charge in [-0.05, 0) is 49.6 Å². The summed E-state index contributed by atoms with van der Waals surface area (Å²) in [6.45, 7) is 9.39. The molecule has 7 heteroatoms. The second-order valence-electron chi connectivity index (χ2n) is 8.54. The SMILES string of the molecule is CC(C)COc1ccc(C2=C(Nc3ccc4c(c3)OCCO4)C(=O)N(C(C)C)C2=O)cc1. The Morgan fingerprint density at radius 3 is 2.28 bits per heavy atom. The summed E-state index contributed by atoms with van der Waals surface area (Å²) in [4.78, 5) is 27.7. The van der Waals surface area contributed by atoms with Crippen molar-refractivity contribution in [2.75, 3.05) is 25.1 Å². The van der Waals surface area contributed by atoms with E-state index in [0.29, 0.717) is 54.1 Å². The third kappa shape index (κ3) is 4.28. The van der Waals surface area contributed by atoms with Crippen LogP contribution in [0.3, 0.4) is 0 Å². The molecule has 0 spiro atoms. The normalized spacial score (nSPS) is 15.8. The Kier molecular flexibility index (Phi) is 6.08. The van der Waals surface area contributed by atoms with Crippen LogP contribution in [0.5, 0.6) is 17.2 Å². The van der Waals surface area contributed by atoms with Crippen LogP contribution in [0, 0.1) is 5.92 Å². The molecule has 0 saturated heterocycles. The first-order chi connectivity index (χ1) is 15.3. The lowest BCUT2D eigenvalue weighted by atomic mass is 10.0. The lowest BCUT2D eigenvalue weighted by Gasteiger charge is -2.20. The van der Waals surface area contributed by atoms with Crippen molar-refractivity contribution in [2.24, 2.45) is 5.92 Å². The van der Waals surface area contributed by atoms with Gasteiger partial charge in [-0.2, -0.15) is 0 Å². The second kappa shape index (κ2) is 8.94. The lowest BCUT2D eigenvalue weighted by Crippen LogP contribution is -2.38. The summed E-state index contributed by atoms with van der Waals surface area (Å²) in [5.41, 5.74) is 1.89. The van der Waals surface area contributed by atoms with Crippen molar-refractivity contribution in [3.05, 3.63) is 53.7 Å². The molecule has 168 valence electrons. The molecule has 2 aromatic carbocycles. The quantitative estimate of drug-likeness (QED) is 0.659. The van der Waals surface area contributed by atoms with Crippen LogP contribution >= 0.6 is 0 Å². The number of hydrogen-bond donors (Lipinski definition) is 1. The van der Waals surface area contributed by atoms with Gasteiger partial charge in [-0.25, -0.2) is 0 Å². The first-order valence-corrected chi connectivity index (χ1v) is 10.9. The fraction of sp³-hybridized carbons (Fsp3) is 0.360. The molecule has 0 bridgehead atoms. The molecule has 0 aromatic heterocycles. The Balaban J connectivity index is 1.68. The van der Waals surface area contributed by atoms with E-state index in [0.717, 1.165) is 5.75 Å². The standard InChI is InChI=1S/C25H28N2O5/c1-15(2)14-32-19-8-5-17(6-9-19)22-23(25(29)27(16(3)4)24(22)28)26-18-7-10-20-21(13-18)31-12-11-30-20/h5-10,13,15-16,26H,11-12,14H2,1-4H3. The molecule has 0 aliphatic carbocycles. The van der Waals surface area contributed by atoms with Crippen molar-refractivity contribution in [2.45, 2.75) is 33.7 Å². The highest BCUT2D eigenvalue weighted by Crippen LogP contribution is 2.36. The van der Waals surface area contributed by atoms with Gasteiger partial charge in [0.2, 0.25) is 0 Å². The molecule has 32 heavy (non-hydrogen) atoms. The highest BCUT2D eigenvalue weighted by Gasteiger charge is 2.40. The molecule has 4 rings (SSSR count). The van der Waals surface area contributed by atoms with Crippen LogP contribution in [0.15, 0.2) is 48.2 Å². The number of anilines is 1. The van der Waals surface area contributed by atoms with E-state index >= 15 is 0 Å². The highest BCUT2D eigenvalue weighted by molar-refractivity contribution is 6.36. The van der Waals surface area contributed by atoms with Gasteiger partial charge in [0.05, 0.1) is 12.2 Å². The van der Waals surface area contributed by atoms with Crippen molar-refractivity contribution in [3.8, 4) is 17.2 Å². The summed E-state index contributed by atoms with van der Waals surface area (Å²) in [7, 11) is 0. The predicted octanol–water partition coefficient (Wildman–Crippen LogP) is 4.09. The van der Waals surface area contributed by atoms with Crippen LogP contribution in [0.4, 0.5) is 5.69 Å². The van der Waals surface area contributed by atoms with Crippen molar-refractivity contribution < 1.29 is 23.8 Å². The summed E-state index contributed by atoms with van der Waals surface area (Å²) in [6.07, 6.45) is 0. The minimum absolute atomic E-state index is 0.247. The third-order valence-corrected chi connectivity index (χ3v) is 5.17. The van der Waals surface area contributed by atoms with Gasteiger partial charge < -0.3 is 19.5 Å². The Morgan fingerprint density at radius 1 is 0.938 bits per heavy atom. The molecule has 2 aliphatic heterocycles. The van der Waals surface area contributed by atoms with Crippen molar-refractivity contribution in [3.63, 3.8) is 0 Å². The van der Waals surface area contributed by atoms with Crippen molar-refractivity contribution in [1.29, 1.82) is 0 Å². The van der Waals surface area contributed by atoms with E-state index in [1.54, 1.807) is 18.2 Å². The number of carbonyl (C=O) groups excluding carboxylic acids is 2. The molecular weight excluding hydrogens is 408 g/mol. The fourth-order valence-corrected chi connectivity index (χ4v) is 3.65. The first kappa shape index (κ1) is 21.7. The van der Waals surface area contributed by atoms with E-state index in [1.807, 2.05) is 38.1 Å². The predicted molar refractivity (Wildman–Crippen MR) is 122 cm³/mol.